The maximum absolute atomic E-state index is 11.0. The summed E-state index contributed by atoms with van der Waals surface area (Å²) in [6.07, 6.45) is 8.71. The van der Waals surface area contributed by atoms with Gasteiger partial charge in [-0.15, -0.1) is 0 Å². The molecule has 0 bridgehead atoms. The van der Waals surface area contributed by atoms with E-state index in [9.17, 15) is 4.79 Å². The number of hydrogen-bond acceptors (Lipinski definition) is 1. The smallest absolute Gasteiger partial charge is 0.149 e. The molecule has 0 saturated carbocycles. The second-order valence-corrected chi connectivity index (χ2v) is 4.34. The monoisotopic (exact) mass is 248 g/mol. The van der Waals surface area contributed by atoms with Crippen LogP contribution >= 0.6 is 22.6 Å². The van der Waals surface area contributed by atoms with Gasteiger partial charge in [-0.2, -0.15) is 0 Å². The Labute approximate surface area is 74.3 Å². The predicted molar refractivity (Wildman–Crippen MR) is 50.3 cm³/mol. The van der Waals surface area contributed by atoms with Gasteiger partial charge in [0.1, 0.15) is 9.20 Å². The van der Waals surface area contributed by atoms with Crippen molar-refractivity contribution in [1.29, 1.82) is 0 Å². The van der Waals surface area contributed by atoms with E-state index < -0.39 is 0 Å². The summed E-state index contributed by atoms with van der Waals surface area (Å²) < 4.78 is -0.257. The highest BCUT2D eigenvalue weighted by molar-refractivity contribution is 14.1. The number of Topliss-reactive ketones (excluding diaryl/α,β-unsaturated/α-hetero) is 1. The van der Waals surface area contributed by atoms with Crippen molar-refractivity contribution in [1.82, 2.24) is 0 Å². The number of rotatable bonds is 1. The normalized spacial score (nSPS) is 30.6. The maximum atomic E-state index is 11.0. The molecule has 0 aromatic heterocycles. The number of halogens is 1. The summed E-state index contributed by atoms with van der Waals surface area (Å²) in [4.78, 5) is 11.0. The van der Waals surface area contributed by atoms with Crippen molar-refractivity contribution in [2.45, 2.75) is 16.8 Å². The summed E-state index contributed by atoms with van der Waals surface area (Å²) >= 11 is 2.19. The van der Waals surface area contributed by atoms with Gasteiger partial charge in [-0.05, 0) is 13.3 Å². The lowest BCUT2D eigenvalue weighted by atomic mass is 9.97. The lowest BCUT2D eigenvalue weighted by molar-refractivity contribution is -0.117. The van der Waals surface area contributed by atoms with E-state index in [0.29, 0.717) is 0 Å². The molecule has 0 spiro atoms. The van der Waals surface area contributed by atoms with Crippen molar-refractivity contribution >= 4 is 28.4 Å². The molecule has 54 valence electrons. The minimum atomic E-state index is -0.257. The molecule has 2 heteroatoms. The van der Waals surface area contributed by atoms with Gasteiger partial charge in [-0.3, -0.25) is 4.79 Å². The highest BCUT2D eigenvalue weighted by atomic mass is 127. The number of ketones is 1. The van der Waals surface area contributed by atoms with Gasteiger partial charge in [0, 0.05) is 0 Å². The molecule has 0 amide bonds. The van der Waals surface area contributed by atoms with Crippen LogP contribution in [0.15, 0.2) is 24.3 Å². The minimum Gasteiger partial charge on any atom is -0.298 e. The highest BCUT2D eigenvalue weighted by Crippen LogP contribution is 2.29. The number of hydrogen-bond donors (Lipinski definition) is 0. The SMILES string of the molecule is CC(=O)C1(I)C=CC=CC1. The van der Waals surface area contributed by atoms with Crippen LogP contribution in [0.2, 0.25) is 0 Å². The zero-order valence-electron chi connectivity index (χ0n) is 5.80. The maximum Gasteiger partial charge on any atom is 0.149 e. The number of carbonyl (C=O) groups is 1. The zero-order chi connectivity index (χ0) is 7.61. The minimum absolute atomic E-state index is 0.230. The van der Waals surface area contributed by atoms with Crippen molar-refractivity contribution in [3.05, 3.63) is 24.3 Å². The standard InChI is InChI=1S/C8H9IO/c1-7(10)8(9)5-3-2-4-6-8/h2-5H,6H2,1H3. The molecule has 0 saturated heterocycles. The lowest BCUT2D eigenvalue weighted by Gasteiger charge is -2.20. The van der Waals surface area contributed by atoms with Gasteiger partial charge in [0.05, 0.1) is 0 Å². The Balaban J connectivity index is 2.80. The molecule has 0 aromatic rings. The van der Waals surface area contributed by atoms with Crippen LogP contribution in [0.25, 0.3) is 0 Å². The Kier molecular flexibility index (Phi) is 2.28. The molecule has 1 aliphatic carbocycles. The molecule has 1 aliphatic rings. The summed E-state index contributed by atoms with van der Waals surface area (Å²) in [6.45, 7) is 1.63. The summed E-state index contributed by atoms with van der Waals surface area (Å²) in [5.41, 5.74) is 0. The van der Waals surface area contributed by atoms with E-state index in [1.54, 1.807) is 6.92 Å². The van der Waals surface area contributed by atoms with Gasteiger partial charge in [0.15, 0.2) is 0 Å². The molecule has 0 radical (unpaired) electrons. The Bertz CT molecular complexity index is 205. The van der Waals surface area contributed by atoms with Crippen molar-refractivity contribution in [3.8, 4) is 0 Å². The van der Waals surface area contributed by atoms with E-state index in [0.717, 1.165) is 6.42 Å². The first-order valence-electron chi connectivity index (χ1n) is 3.19. The Hall–Kier alpha value is -0.120. The van der Waals surface area contributed by atoms with Gasteiger partial charge in [0.25, 0.3) is 0 Å². The molecule has 1 atom stereocenters. The van der Waals surface area contributed by atoms with Crippen LogP contribution in [0.4, 0.5) is 0 Å². The Morgan fingerprint density at radius 2 is 2.30 bits per heavy atom. The predicted octanol–water partition coefficient (Wildman–Crippen LogP) is 2.27. The average Bonchev–Trinajstić information content (AvgIpc) is 1.89. The fourth-order valence-corrected chi connectivity index (χ4v) is 1.32. The fourth-order valence-electron chi connectivity index (χ4n) is 0.855. The molecule has 1 rings (SSSR count). The molecule has 1 nitrogen and oxygen atoms in total. The molecule has 0 aromatic carbocycles. The van der Waals surface area contributed by atoms with E-state index in [2.05, 4.69) is 22.6 Å². The fraction of sp³-hybridized carbons (Fsp3) is 0.375. The largest absolute Gasteiger partial charge is 0.298 e. The van der Waals surface area contributed by atoms with E-state index in [-0.39, 0.29) is 9.20 Å². The van der Waals surface area contributed by atoms with E-state index >= 15 is 0 Å². The molecule has 0 aliphatic heterocycles. The first kappa shape index (κ1) is 7.98. The molecule has 0 fully saturated rings. The quantitative estimate of drug-likeness (QED) is 0.514. The first-order valence-corrected chi connectivity index (χ1v) is 4.27. The molecule has 0 heterocycles. The van der Waals surface area contributed by atoms with Crippen LogP contribution in [0.5, 0.6) is 0 Å². The van der Waals surface area contributed by atoms with Gasteiger partial charge < -0.3 is 0 Å². The van der Waals surface area contributed by atoms with Gasteiger partial charge in [-0.25, -0.2) is 0 Å². The van der Waals surface area contributed by atoms with Crippen molar-refractivity contribution in [2.75, 3.05) is 0 Å². The Morgan fingerprint density at radius 3 is 2.60 bits per heavy atom. The average molecular weight is 248 g/mol. The van der Waals surface area contributed by atoms with Crippen molar-refractivity contribution in [2.24, 2.45) is 0 Å². The highest BCUT2D eigenvalue weighted by Gasteiger charge is 2.28. The molecular weight excluding hydrogens is 239 g/mol. The van der Waals surface area contributed by atoms with Crippen LogP contribution < -0.4 is 0 Å². The zero-order valence-corrected chi connectivity index (χ0v) is 7.96. The van der Waals surface area contributed by atoms with Crippen LogP contribution in [-0.4, -0.2) is 9.20 Å². The molecule has 0 N–H and O–H groups in total. The molecular formula is C8H9IO. The van der Waals surface area contributed by atoms with Gasteiger partial charge in [-0.1, -0.05) is 46.9 Å². The first-order chi connectivity index (χ1) is 4.65. The topological polar surface area (TPSA) is 17.1 Å². The van der Waals surface area contributed by atoms with E-state index in [4.69, 9.17) is 0 Å². The third kappa shape index (κ3) is 1.48. The number of alkyl halides is 1. The van der Waals surface area contributed by atoms with E-state index in [1.165, 1.54) is 0 Å². The van der Waals surface area contributed by atoms with Crippen LogP contribution in [0.3, 0.4) is 0 Å². The van der Waals surface area contributed by atoms with Crippen LogP contribution in [0, 0.1) is 0 Å². The van der Waals surface area contributed by atoms with Crippen LogP contribution in [-0.2, 0) is 4.79 Å². The third-order valence-corrected chi connectivity index (χ3v) is 3.17. The summed E-state index contributed by atoms with van der Waals surface area (Å²) in [7, 11) is 0. The van der Waals surface area contributed by atoms with Gasteiger partial charge in [0.2, 0.25) is 0 Å². The third-order valence-electron chi connectivity index (χ3n) is 1.61. The van der Waals surface area contributed by atoms with E-state index in [1.807, 2.05) is 24.3 Å². The molecule has 1 unspecified atom stereocenters. The summed E-state index contributed by atoms with van der Waals surface area (Å²) in [6, 6.07) is 0. The van der Waals surface area contributed by atoms with Gasteiger partial charge >= 0.3 is 0 Å². The van der Waals surface area contributed by atoms with Crippen LogP contribution in [0.1, 0.15) is 13.3 Å². The van der Waals surface area contributed by atoms with Crippen molar-refractivity contribution in [3.63, 3.8) is 0 Å². The number of allylic oxidation sites excluding steroid dienone is 4. The molecule has 10 heavy (non-hydrogen) atoms. The summed E-state index contributed by atoms with van der Waals surface area (Å²) in [5, 5.41) is 0. The van der Waals surface area contributed by atoms with Crippen molar-refractivity contribution < 1.29 is 4.79 Å². The Morgan fingerprint density at radius 1 is 1.60 bits per heavy atom. The summed E-state index contributed by atoms with van der Waals surface area (Å²) in [5.74, 6) is 0.230. The second kappa shape index (κ2) is 2.86. The number of carbonyl (C=O) groups excluding carboxylic acids is 1. The lowest BCUT2D eigenvalue weighted by Crippen LogP contribution is -2.27. The second-order valence-electron chi connectivity index (χ2n) is 2.41.